The van der Waals surface area contributed by atoms with E-state index in [4.69, 9.17) is 45.4 Å². The lowest BCUT2D eigenvalue weighted by atomic mass is 9.82. The maximum absolute atomic E-state index is 11.8. The van der Waals surface area contributed by atoms with E-state index in [1.54, 1.807) is 31.8 Å². The number of aromatic amines is 1. The molecule has 1 saturated carbocycles. The number of halogens is 1. The Morgan fingerprint density at radius 2 is 2.09 bits per heavy atom. The summed E-state index contributed by atoms with van der Waals surface area (Å²) in [5, 5.41) is 6.69. The number of hydrogen-bond acceptors (Lipinski definition) is 10. The predicted octanol–water partition coefficient (Wildman–Crippen LogP) is 4.94. The molecule has 0 radical (unpaired) electrons. The Morgan fingerprint density at radius 1 is 1.23 bits per heavy atom. The fourth-order valence-corrected chi connectivity index (χ4v) is 6.47. The van der Waals surface area contributed by atoms with Crippen LogP contribution >= 0.6 is 11.6 Å². The van der Waals surface area contributed by atoms with E-state index in [-0.39, 0.29) is 11.7 Å². The number of H-pyrrole nitrogens is 1. The SMILES string of the molecule is C=C[C@H]1CC[C@H](Cn2c(C3(OC)CCOc4cccnc43)nc3nc(-c4n[nH]c(=O)o4)nc(-c4cncc(Cl)c4)c32)CC1. The zero-order valence-corrected chi connectivity index (χ0v) is 24.3. The molecule has 2 aliphatic rings. The van der Waals surface area contributed by atoms with Gasteiger partial charge in [0, 0.05) is 44.2 Å². The largest absolute Gasteiger partial charge is 0.491 e. The quantitative estimate of drug-likeness (QED) is 0.255. The van der Waals surface area contributed by atoms with Gasteiger partial charge in [-0.15, -0.1) is 11.7 Å². The Hall–Kier alpha value is -4.42. The first kappa shape index (κ1) is 27.4. The van der Waals surface area contributed by atoms with Gasteiger partial charge in [0.2, 0.25) is 5.82 Å². The molecule has 5 aromatic heterocycles. The molecule has 7 rings (SSSR count). The van der Waals surface area contributed by atoms with Crippen LogP contribution in [0.25, 0.3) is 34.1 Å². The minimum atomic E-state index is -1.02. The average Bonchev–Trinajstić information content (AvgIpc) is 3.64. The molecule has 12 nitrogen and oxygen atoms in total. The highest BCUT2D eigenvalue weighted by Crippen LogP contribution is 2.45. The number of pyridine rings is 2. The summed E-state index contributed by atoms with van der Waals surface area (Å²) in [7, 11) is 1.67. The summed E-state index contributed by atoms with van der Waals surface area (Å²) in [6.45, 7) is 5.09. The van der Waals surface area contributed by atoms with Gasteiger partial charge in [0.25, 0.3) is 5.89 Å². The number of imidazole rings is 1. The number of rotatable bonds is 7. The molecule has 1 N–H and O–H groups in total. The van der Waals surface area contributed by atoms with Gasteiger partial charge in [0.15, 0.2) is 17.1 Å². The molecule has 1 aliphatic heterocycles. The van der Waals surface area contributed by atoms with E-state index in [9.17, 15) is 4.79 Å². The molecule has 0 spiro atoms. The van der Waals surface area contributed by atoms with Gasteiger partial charge in [-0.1, -0.05) is 17.7 Å². The van der Waals surface area contributed by atoms with Crippen LogP contribution < -0.4 is 10.5 Å². The number of methoxy groups -OCH3 is 1. The minimum absolute atomic E-state index is 0.0541. The second-order valence-electron chi connectivity index (χ2n) is 10.9. The van der Waals surface area contributed by atoms with Crippen LogP contribution in [0.15, 0.2) is 58.7 Å². The molecule has 1 atom stereocenters. The summed E-state index contributed by atoms with van der Waals surface area (Å²) in [6.07, 6.45) is 11.8. The summed E-state index contributed by atoms with van der Waals surface area (Å²) in [4.78, 5) is 35.6. The fourth-order valence-electron chi connectivity index (χ4n) is 6.29. The molecular formula is C30H29ClN8O4. The van der Waals surface area contributed by atoms with Crippen LogP contribution in [-0.4, -0.2) is 53.4 Å². The minimum Gasteiger partial charge on any atom is -0.491 e. The van der Waals surface area contributed by atoms with Gasteiger partial charge < -0.3 is 18.5 Å². The van der Waals surface area contributed by atoms with Gasteiger partial charge in [-0.05, 0) is 55.7 Å². The Kier molecular flexibility index (Phi) is 7.02. The molecule has 1 fully saturated rings. The Labute approximate surface area is 251 Å². The van der Waals surface area contributed by atoms with Crippen LogP contribution in [0.4, 0.5) is 0 Å². The van der Waals surface area contributed by atoms with Gasteiger partial charge in [-0.3, -0.25) is 9.97 Å². The van der Waals surface area contributed by atoms with Crippen molar-refractivity contribution in [2.75, 3.05) is 13.7 Å². The van der Waals surface area contributed by atoms with Gasteiger partial charge in [-0.25, -0.2) is 24.8 Å². The van der Waals surface area contributed by atoms with Crippen LogP contribution in [0.2, 0.25) is 5.02 Å². The third-order valence-corrected chi connectivity index (χ3v) is 8.66. The first-order valence-corrected chi connectivity index (χ1v) is 14.6. The van der Waals surface area contributed by atoms with Gasteiger partial charge in [0.1, 0.15) is 22.7 Å². The topological polar surface area (TPSA) is 147 Å². The van der Waals surface area contributed by atoms with Gasteiger partial charge >= 0.3 is 5.76 Å². The lowest BCUT2D eigenvalue weighted by Crippen LogP contribution is -2.40. The number of hydrogen-bond donors (Lipinski definition) is 1. The Balaban J connectivity index is 1.51. The highest BCUT2D eigenvalue weighted by Gasteiger charge is 2.46. The molecule has 1 unspecified atom stereocenters. The number of nitrogens with one attached hydrogen (secondary N) is 1. The van der Waals surface area contributed by atoms with Crippen LogP contribution in [0, 0.1) is 11.8 Å². The monoisotopic (exact) mass is 600 g/mol. The maximum atomic E-state index is 11.8. The van der Waals surface area contributed by atoms with E-state index >= 15 is 0 Å². The van der Waals surface area contributed by atoms with E-state index in [1.165, 1.54) is 0 Å². The van der Waals surface area contributed by atoms with E-state index in [2.05, 4.69) is 32.4 Å². The summed E-state index contributed by atoms with van der Waals surface area (Å²) in [6, 6.07) is 5.51. The molecule has 220 valence electrons. The summed E-state index contributed by atoms with van der Waals surface area (Å²) in [5.74, 6) is 1.51. The molecule has 0 saturated heterocycles. The van der Waals surface area contributed by atoms with Crippen LogP contribution in [0.5, 0.6) is 5.75 Å². The molecule has 1 aliphatic carbocycles. The lowest BCUT2D eigenvalue weighted by molar-refractivity contribution is -0.0239. The number of ether oxygens (including phenoxy) is 2. The normalized spacial score (nSPS) is 21.8. The van der Waals surface area contributed by atoms with Crippen molar-refractivity contribution in [2.24, 2.45) is 11.8 Å². The van der Waals surface area contributed by atoms with Crippen molar-refractivity contribution >= 4 is 22.8 Å². The Bertz CT molecular complexity index is 1880. The second kappa shape index (κ2) is 11.0. The molecule has 0 bridgehead atoms. The average molecular weight is 601 g/mol. The summed E-state index contributed by atoms with van der Waals surface area (Å²) >= 11 is 6.40. The van der Waals surface area contributed by atoms with Crippen LogP contribution in [-0.2, 0) is 16.9 Å². The Morgan fingerprint density at radius 3 is 2.84 bits per heavy atom. The molecule has 0 aromatic carbocycles. The molecule has 43 heavy (non-hydrogen) atoms. The number of fused-ring (bicyclic) bond motifs is 2. The molecule has 13 heteroatoms. The van der Waals surface area contributed by atoms with Crippen molar-refractivity contribution in [2.45, 2.75) is 44.2 Å². The van der Waals surface area contributed by atoms with E-state index in [0.717, 1.165) is 25.7 Å². The van der Waals surface area contributed by atoms with Crippen LogP contribution in [0.1, 0.15) is 43.6 Å². The van der Waals surface area contributed by atoms with Crippen molar-refractivity contribution in [1.82, 2.24) is 39.7 Å². The molecule has 5 aromatic rings. The van der Waals surface area contributed by atoms with Crippen molar-refractivity contribution in [1.29, 1.82) is 0 Å². The van der Waals surface area contributed by atoms with Crippen molar-refractivity contribution in [3.8, 4) is 28.7 Å². The summed E-state index contributed by atoms with van der Waals surface area (Å²) in [5.41, 5.74) is 1.88. The standard InChI is InChI=1S/C30H29ClN8O4/c1-3-17-6-8-18(9-7-17)16-39-23-22(19-13-20(31)15-32-14-19)34-26(27-37-38-29(40)43-27)35-25(23)36-28(39)30(41-2)10-12-42-21-5-4-11-33-24(21)30/h3-5,11,13-15,17-18H,1,6-10,12,16H2,2H3,(H,38,40)/t17-,18-,30?. The second-order valence-corrected chi connectivity index (χ2v) is 11.4. The van der Waals surface area contributed by atoms with E-state index < -0.39 is 11.4 Å². The first-order valence-electron chi connectivity index (χ1n) is 14.2. The van der Waals surface area contributed by atoms with Crippen LogP contribution in [0.3, 0.4) is 0 Å². The van der Waals surface area contributed by atoms with E-state index in [0.29, 0.717) is 76.1 Å². The molecule has 6 heterocycles. The van der Waals surface area contributed by atoms with E-state index in [1.807, 2.05) is 12.1 Å². The summed E-state index contributed by atoms with van der Waals surface area (Å²) < 4.78 is 19.8. The zero-order valence-electron chi connectivity index (χ0n) is 23.5. The smallest absolute Gasteiger partial charge is 0.434 e. The maximum Gasteiger partial charge on any atom is 0.434 e. The highest BCUT2D eigenvalue weighted by atomic mass is 35.5. The number of allylic oxidation sites excluding steroid dienone is 1. The van der Waals surface area contributed by atoms with Gasteiger partial charge in [0.05, 0.1) is 11.6 Å². The lowest BCUT2D eigenvalue weighted by Gasteiger charge is -2.37. The molecule has 0 amide bonds. The number of nitrogens with zero attached hydrogens (tertiary/aromatic N) is 7. The van der Waals surface area contributed by atoms with Crippen molar-refractivity contribution in [3.05, 3.63) is 76.5 Å². The third-order valence-electron chi connectivity index (χ3n) is 8.45. The highest BCUT2D eigenvalue weighted by molar-refractivity contribution is 6.30. The predicted molar refractivity (Wildman–Crippen MR) is 157 cm³/mol. The fraction of sp³-hybridized carbons (Fsp3) is 0.367. The zero-order chi connectivity index (χ0) is 29.6. The molecular weight excluding hydrogens is 572 g/mol. The first-order chi connectivity index (χ1) is 21.0. The number of aromatic nitrogens is 8. The van der Waals surface area contributed by atoms with Crippen molar-refractivity contribution in [3.63, 3.8) is 0 Å². The third kappa shape index (κ3) is 4.80. The van der Waals surface area contributed by atoms with Gasteiger partial charge in [-0.2, -0.15) is 0 Å². The van der Waals surface area contributed by atoms with Crippen molar-refractivity contribution < 1.29 is 13.9 Å².